The topological polar surface area (TPSA) is 90.5 Å². The zero-order valence-electron chi connectivity index (χ0n) is 18.8. The third-order valence-corrected chi connectivity index (χ3v) is 5.82. The van der Waals surface area contributed by atoms with Crippen molar-refractivity contribution in [3.05, 3.63) is 82.0 Å². The molecule has 0 spiro atoms. The van der Waals surface area contributed by atoms with Crippen LogP contribution in [0.1, 0.15) is 27.7 Å². The summed E-state index contributed by atoms with van der Waals surface area (Å²) >= 11 is 1.58. The third kappa shape index (κ3) is 7.55. The predicted molar refractivity (Wildman–Crippen MR) is 132 cm³/mol. The van der Waals surface area contributed by atoms with Crippen molar-refractivity contribution in [3.63, 3.8) is 0 Å². The van der Waals surface area contributed by atoms with E-state index in [0.717, 1.165) is 10.4 Å². The van der Waals surface area contributed by atoms with Crippen LogP contribution in [0.2, 0.25) is 0 Å². The van der Waals surface area contributed by atoms with Gasteiger partial charge in [0.25, 0.3) is 5.91 Å². The fourth-order valence-electron chi connectivity index (χ4n) is 3.24. The van der Waals surface area contributed by atoms with Crippen molar-refractivity contribution >= 4 is 40.4 Å². The molecule has 3 rings (SSSR count). The van der Waals surface area contributed by atoms with Crippen molar-refractivity contribution in [2.75, 3.05) is 30.3 Å². The summed E-state index contributed by atoms with van der Waals surface area (Å²) in [6.07, 6.45) is 0. The molecule has 0 bridgehead atoms. The van der Waals surface area contributed by atoms with Gasteiger partial charge < -0.3 is 16.0 Å². The van der Waals surface area contributed by atoms with Gasteiger partial charge in [0.05, 0.1) is 30.9 Å². The number of thiophene rings is 1. The quantitative estimate of drug-likeness (QED) is 0.425. The predicted octanol–water partition coefficient (Wildman–Crippen LogP) is 3.89. The Morgan fingerprint density at radius 3 is 2.42 bits per heavy atom. The molecule has 1 aromatic heterocycles. The molecule has 0 aliphatic carbocycles. The normalized spacial score (nSPS) is 10.6. The zero-order chi connectivity index (χ0) is 23.6. The van der Waals surface area contributed by atoms with E-state index >= 15 is 0 Å². The van der Waals surface area contributed by atoms with E-state index in [2.05, 4.69) is 16.0 Å². The van der Waals surface area contributed by atoms with Crippen LogP contribution in [0, 0.1) is 6.92 Å². The van der Waals surface area contributed by atoms with Crippen molar-refractivity contribution in [2.24, 2.45) is 0 Å². The molecule has 7 nitrogen and oxygen atoms in total. The van der Waals surface area contributed by atoms with Crippen LogP contribution in [0.5, 0.6) is 0 Å². The molecule has 0 unspecified atom stereocenters. The van der Waals surface area contributed by atoms with Crippen LogP contribution in [0.25, 0.3) is 0 Å². The van der Waals surface area contributed by atoms with Crippen LogP contribution in [-0.2, 0) is 16.1 Å². The number of nitrogens with zero attached hydrogens (tertiary/aromatic N) is 1. The molecule has 0 atom stereocenters. The van der Waals surface area contributed by atoms with E-state index < -0.39 is 0 Å². The Kier molecular flexibility index (Phi) is 8.74. The molecular formula is C25H28N4O3S. The Bertz CT molecular complexity index is 1100. The van der Waals surface area contributed by atoms with E-state index in [9.17, 15) is 14.4 Å². The maximum Gasteiger partial charge on any atom is 0.257 e. The number of nitrogens with one attached hydrogen (secondary N) is 3. The number of carbonyl (C=O) groups is 3. The van der Waals surface area contributed by atoms with Gasteiger partial charge in [0.1, 0.15) is 0 Å². The minimum absolute atomic E-state index is 0.0384. The number of hydrogen-bond donors (Lipinski definition) is 3. The van der Waals surface area contributed by atoms with E-state index in [4.69, 9.17) is 0 Å². The van der Waals surface area contributed by atoms with Crippen LogP contribution in [0.3, 0.4) is 0 Å². The molecule has 172 valence electrons. The SMILES string of the molecule is CCN(CC(=O)NCc1cccs1)CC(=O)Nc1ccccc1C(=O)Nc1cccc(C)c1. The van der Waals surface area contributed by atoms with E-state index in [1.54, 1.807) is 40.5 Å². The van der Waals surface area contributed by atoms with E-state index in [-0.39, 0.29) is 30.8 Å². The first-order chi connectivity index (χ1) is 15.9. The average Bonchev–Trinajstić information content (AvgIpc) is 3.31. The molecule has 8 heteroatoms. The second-order valence-corrected chi connectivity index (χ2v) is 8.61. The largest absolute Gasteiger partial charge is 0.350 e. The average molecular weight is 465 g/mol. The van der Waals surface area contributed by atoms with Gasteiger partial charge in [-0.05, 0) is 54.7 Å². The number of amides is 3. The van der Waals surface area contributed by atoms with Gasteiger partial charge in [-0.15, -0.1) is 11.3 Å². The number of para-hydroxylation sites is 1. The molecular weight excluding hydrogens is 436 g/mol. The highest BCUT2D eigenvalue weighted by Gasteiger charge is 2.17. The second kappa shape index (κ2) is 11.9. The van der Waals surface area contributed by atoms with Crippen molar-refractivity contribution < 1.29 is 14.4 Å². The Morgan fingerprint density at radius 2 is 1.70 bits per heavy atom. The molecule has 33 heavy (non-hydrogen) atoms. The summed E-state index contributed by atoms with van der Waals surface area (Å²) in [6.45, 7) is 5.01. The molecule has 3 N–H and O–H groups in total. The minimum atomic E-state index is -0.309. The molecule has 0 radical (unpaired) electrons. The van der Waals surface area contributed by atoms with Crippen LogP contribution >= 0.6 is 11.3 Å². The smallest absolute Gasteiger partial charge is 0.257 e. The van der Waals surface area contributed by atoms with E-state index in [0.29, 0.717) is 30.0 Å². The summed E-state index contributed by atoms with van der Waals surface area (Å²) < 4.78 is 0. The summed E-state index contributed by atoms with van der Waals surface area (Å²) in [5.74, 6) is -0.744. The van der Waals surface area contributed by atoms with E-state index in [1.807, 2.05) is 55.6 Å². The summed E-state index contributed by atoms with van der Waals surface area (Å²) in [7, 11) is 0. The Labute approximate surface area is 197 Å². The molecule has 0 aliphatic heterocycles. The fraction of sp³-hybridized carbons (Fsp3) is 0.240. The van der Waals surface area contributed by atoms with Crippen LogP contribution < -0.4 is 16.0 Å². The second-order valence-electron chi connectivity index (χ2n) is 7.58. The van der Waals surface area contributed by atoms with Gasteiger partial charge in [0, 0.05) is 10.6 Å². The molecule has 2 aromatic carbocycles. The third-order valence-electron chi connectivity index (χ3n) is 4.94. The number of hydrogen-bond acceptors (Lipinski definition) is 5. The molecule has 0 saturated carbocycles. The first kappa shape index (κ1) is 24.2. The molecule has 0 aliphatic rings. The number of carbonyl (C=O) groups excluding carboxylic acids is 3. The lowest BCUT2D eigenvalue weighted by Gasteiger charge is -2.20. The fourth-order valence-corrected chi connectivity index (χ4v) is 3.89. The first-order valence-corrected chi connectivity index (χ1v) is 11.6. The van der Waals surface area contributed by atoms with Gasteiger partial charge in [0.2, 0.25) is 11.8 Å². The van der Waals surface area contributed by atoms with E-state index in [1.165, 1.54) is 0 Å². The molecule has 0 saturated heterocycles. The highest BCUT2D eigenvalue weighted by atomic mass is 32.1. The monoisotopic (exact) mass is 464 g/mol. The van der Waals surface area contributed by atoms with Crippen LogP contribution in [0.15, 0.2) is 66.0 Å². The maximum atomic E-state index is 12.8. The standard InChI is InChI=1S/C25H28N4O3S/c1-3-29(16-23(30)26-15-20-10-7-13-33-20)17-24(31)28-22-12-5-4-11-21(22)25(32)27-19-9-6-8-18(2)14-19/h4-14H,3,15-17H2,1-2H3,(H,26,30)(H,27,32)(H,28,31). The Morgan fingerprint density at radius 1 is 0.909 bits per heavy atom. The van der Waals surface area contributed by atoms with Gasteiger partial charge in [0.15, 0.2) is 0 Å². The minimum Gasteiger partial charge on any atom is -0.350 e. The number of rotatable bonds is 10. The van der Waals surface area contributed by atoms with Crippen molar-refractivity contribution in [1.82, 2.24) is 10.2 Å². The molecule has 1 heterocycles. The Balaban J connectivity index is 1.56. The highest BCUT2D eigenvalue weighted by Crippen LogP contribution is 2.18. The lowest BCUT2D eigenvalue weighted by Crippen LogP contribution is -2.40. The summed E-state index contributed by atoms with van der Waals surface area (Å²) in [5.41, 5.74) is 2.51. The first-order valence-electron chi connectivity index (χ1n) is 10.7. The summed E-state index contributed by atoms with van der Waals surface area (Å²) in [4.78, 5) is 40.5. The van der Waals surface area contributed by atoms with Crippen LogP contribution in [0.4, 0.5) is 11.4 Å². The number of anilines is 2. The molecule has 3 amide bonds. The zero-order valence-corrected chi connectivity index (χ0v) is 19.6. The molecule has 3 aromatic rings. The Hall–Kier alpha value is -3.49. The number of benzene rings is 2. The highest BCUT2D eigenvalue weighted by molar-refractivity contribution is 7.09. The lowest BCUT2D eigenvalue weighted by atomic mass is 10.1. The number of aryl methyl sites for hydroxylation is 1. The molecule has 0 fully saturated rings. The number of likely N-dealkylation sites (N-methyl/N-ethyl adjacent to an activating group) is 1. The van der Waals surface area contributed by atoms with Gasteiger partial charge in [-0.1, -0.05) is 37.3 Å². The van der Waals surface area contributed by atoms with Gasteiger partial charge in [-0.3, -0.25) is 19.3 Å². The van der Waals surface area contributed by atoms with Crippen molar-refractivity contribution in [3.8, 4) is 0 Å². The van der Waals surface area contributed by atoms with Crippen molar-refractivity contribution in [1.29, 1.82) is 0 Å². The van der Waals surface area contributed by atoms with Gasteiger partial charge in [-0.25, -0.2) is 0 Å². The summed E-state index contributed by atoms with van der Waals surface area (Å²) in [6, 6.07) is 18.3. The lowest BCUT2D eigenvalue weighted by molar-refractivity contribution is -0.123. The maximum absolute atomic E-state index is 12.8. The van der Waals surface area contributed by atoms with Crippen molar-refractivity contribution in [2.45, 2.75) is 20.4 Å². The van der Waals surface area contributed by atoms with Crippen LogP contribution in [-0.4, -0.2) is 42.3 Å². The summed E-state index contributed by atoms with van der Waals surface area (Å²) in [5, 5.41) is 10.5. The van der Waals surface area contributed by atoms with Gasteiger partial charge in [-0.2, -0.15) is 0 Å². The van der Waals surface area contributed by atoms with Gasteiger partial charge >= 0.3 is 0 Å².